The fourth-order valence-corrected chi connectivity index (χ4v) is 4.66. The Hall–Kier alpha value is -3.61. The third kappa shape index (κ3) is 4.23. The number of aryl methyl sites for hydroxylation is 2. The molecule has 0 N–H and O–H groups in total. The highest BCUT2D eigenvalue weighted by Gasteiger charge is 2.36. The van der Waals surface area contributed by atoms with Crippen LogP contribution in [-0.4, -0.2) is 16.7 Å². The first-order valence-corrected chi connectivity index (χ1v) is 10.7. The highest BCUT2D eigenvalue weighted by molar-refractivity contribution is 6.00. The molecule has 0 saturated heterocycles. The zero-order valence-electron chi connectivity index (χ0n) is 18.0. The lowest BCUT2D eigenvalue weighted by atomic mass is 9.86. The molecule has 1 aliphatic carbocycles. The van der Waals surface area contributed by atoms with E-state index in [1.54, 1.807) is 6.07 Å². The molecule has 1 aliphatic rings. The molecule has 168 valence electrons. The fourth-order valence-electron chi connectivity index (χ4n) is 4.66. The summed E-state index contributed by atoms with van der Waals surface area (Å²) in [5.41, 5.74) is 4.45. The van der Waals surface area contributed by atoms with E-state index in [1.807, 2.05) is 52.8 Å². The number of aromatic nitrogens is 2. The number of nitrogens with zero attached hydrogens (tertiary/aromatic N) is 2. The second kappa shape index (κ2) is 8.06. The summed E-state index contributed by atoms with van der Waals surface area (Å²) in [7, 11) is 1.97. The van der Waals surface area contributed by atoms with Gasteiger partial charge in [0, 0.05) is 36.7 Å². The van der Waals surface area contributed by atoms with E-state index < -0.39 is 12.4 Å². The lowest BCUT2D eigenvalue weighted by Crippen LogP contribution is -2.45. The van der Waals surface area contributed by atoms with Gasteiger partial charge in [0.1, 0.15) is 11.3 Å². The van der Waals surface area contributed by atoms with Crippen LogP contribution in [0.1, 0.15) is 39.5 Å². The van der Waals surface area contributed by atoms with Crippen LogP contribution < -0.4 is 9.30 Å². The predicted molar refractivity (Wildman–Crippen MR) is 117 cm³/mol. The standard InChI is InChI=1S/C26H22F3N2O2/c1-30-15-19(13-17-5-3-2-4-6-17)21-11-12-31(16-24(21)30)23-10-8-18-7-9-20(33-26(27,28)29)14-22(18)25(23)32/h2-7,9,11-12,14-16,23H,8,10,13H2,1H3/q+1. The van der Waals surface area contributed by atoms with E-state index in [-0.39, 0.29) is 17.1 Å². The molecule has 4 nitrogen and oxygen atoms in total. The van der Waals surface area contributed by atoms with E-state index in [9.17, 15) is 18.0 Å². The predicted octanol–water partition coefficient (Wildman–Crippen LogP) is 5.33. The Labute approximate surface area is 188 Å². The van der Waals surface area contributed by atoms with E-state index >= 15 is 0 Å². The number of pyridine rings is 1. The highest BCUT2D eigenvalue weighted by Crippen LogP contribution is 2.32. The van der Waals surface area contributed by atoms with E-state index in [2.05, 4.69) is 23.1 Å². The number of ether oxygens (including phenoxy) is 1. The number of ketones is 1. The SMILES string of the molecule is Cn1cc(Cc2ccccc2)c2cc[n+](C3CCc4ccc(OC(F)(F)F)cc4C3=O)cc21. The monoisotopic (exact) mass is 451 g/mol. The third-order valence-electron chi connectivity index (χ3n) is 6.20. The normalized spacial score (nSPS) is 16.1. The molecule has 2 aromatic heterocycles. The van der Waals surface area contributed by atoms with Crippen molar-refractivity contribution in [3.8, 4) is 5.75 Å². The van der Waals surface area contributed by atoms with Crippen molar-refractivity contribution in [2.75, 3.05) is 0 Å². The Morgan fingerprint density at radius 2 is 1.91 bits per heavy atom. The number of halogens is 3. The second-order valence-corrected chi connectivity index (χ2v) is 8.40. The van der Waals surface area contributed by atoms with Gasteiger partial charge in [0.05, 0.1) is 0 Å². The third-order valence-corrected chi connectivity index (χ3v) is 6.20. The summed E-state index contributed by atoms with van der Waals surface area (Å²) in [6.07, 6.45) is 3.14. The first-order valence-electron chi connectivity index (χ1n) is 10.7. The highest BCUT2D eigenvalue weighted by atomic mass is 19.4. The van der Waals surface area contributed by atoms with Crippen LogP contribution in [0.25, 0.3) is 10.9 Å². The molecule has 5 rings (SSSR count). The zero-order valence-corrected chi connectivity index (χ0v) is 18.0. The Bertz CT molecular complexity index is 1340. The van der Waals surface area contributed by atoms with Crippen LogP contribution >= 0.6 is 0 Å². The molecule has 0 aliphatic heterocycles. The molecule has 0 saturated carbocycles. The Kier molecular flexibility index (Phi) is 5.19. The van der Waals surface area contributed by atoms with E-state index in [0.717, 1.165) is 22.9 Å². The van der Waals surface area contributed by atoms with Gasteiger partial charge in [-0.3, -0.25) is 4.79 Å². The lowest BCUT2D eigenvalue weighted by Gasteiger charge is -2.21. The molecule has 0 fully saturated rings. The van der Waals surface area contributed by atoms with Crippen molar-refractivity contribution < 1.29 is 27.3 Å². The summed E-state index contributed by atoms with van der Waals surface area (Å²) in [6, 6.07) is 15.8. The summed E-state index contributed by atoms with van der Waals surface area (Å²) in [5, 5.41) is 1.11. The first kappa shape index (κ1) is 21.2. The summed E-state index contributed by atoms with van der Waals surface area (Å²) in [4.78, 5) is 13.2. The van der Waals surface area contributed by atoms with Crippen LogP contribution in [0.15, 0.2) is 73.2 Å². The number of rotatable bonds is 4. The van der Waals surface area contributed by atoms with Gasteiger partial charge in [0.2, 0.25) is 11.8 Å². The first-order chi connectivity index (χ1) is 15.8. The summed E-state index contributed by atoms with van der Waals surface area (Å²) in [6.45, 7) is 0. The van der Waals surface area contributed by atoms with Gasteiger partial charge < -0.3 is 9.30 Å². The number of alkyl halides is 3. The van der Waals surface area contributed by atoms with Crippen molar-refractivity contribution in [2.24, 2.45) is 7.05 Å². The van der Waals surface area contributed by atoms with Crippen molar-refractivity contribution in [1.29, 1.82) is 0 Å². The Balaban J connectivity index is 1.46. The van der Waals surface area contributed by atoms with Crippen LogP contribution in [0.5, 0.6) is 5.75 Å². The number of carbonyl (C=O) groups is 1. The smallest absolute Gasteiger partial charge is 0.406 e. The number of fused-ring (bicyclic) bond motifs is 2. The molecule has 2 aromatic carbocycles. The average Bonchev–Trinajstić information content (AvgIpc) is 3.08. The van der Waals surface area contributed by atoms with Crippen molar-refractivity contribution in [2.45, 2.75) is 31.7 Å². The fraction of sp³-hybridized carbons (Fsp3) is 0.231. The Morgan fingerprint density at radius 3 is 2.67 bits per heavy atom. The van der Waals surface area contributed by atoms with Crippen LogP contribution in [0.2, 0.25) is 0 Å². The molecule has 0 radical (unpaired) electrons. The zero-order chi connectivity index (χ0) is 23.2. The molecule has 4 aromatic rings. The minimum absolute atomic E-state index is 0.202. The van der Waals surface area contributed by atoms with Gasteiger partial charge in [-0.05, 0) is 41.7 Å². The molecule has 2 heterocycles. The quantitative estimate of drug-likeness (QED) is 0.394. The minimum Gasteiger partial charge on any atom is -0.406 e. The summed E-state index contributed by atoms with van der Waals surface area (Å²) < 4.78 is 45.8. The van der Waals surface area contributed by atoms with Gasteiger partial charge in [-0.1, -0.05) is 36.4 Å². The van der Waals surface area contributed by atoms with Gasteiger partial charge in [-0.25, -0.2) is 0 Å². The van der Waals surface area contributed by atoms with Gasteiger partial charge >= 0.3 is 6.36 Å². The van der Waals surface area contributed by atoms with Crippen LogP contribution in [0.4, 0.5) is 13.2 Å². The summed E-state index contributed by atoms with van der Waals surface area (Å²) >= 11 is 0. The van der Waals surface area contributed by atoms with Crippen molar-refractivity contribution >= 4 is 16.7 Å². The molecular formula is C26H22F3N2O2+. The number of carbonyl (C=O) groups excluding carboxylic acids is 1. The molecule has 1 unspecified atom stereocenters. The maximum absolute atomic E-state index is 13.2. The molecule has 33 heavy (non-hydrogen) atoms. The maximum Gasteiger partial charge on any atom is 0.573 e. The van der Waals surface area contributed by atoms with Gasteiger partial charge in [0.15, 0.2) is 12.4 Å². The number of benzene rings is 2. The number of hydrogen-bond acceptors (Lipinski definition) is 2. The van der Waals surface area contributed by atoms with Crippen LogP contribution in [-0.2, 0) is 19.9 Å². The van der Waals surface area contributed by atoms with Crippen LogP contribution in [0, 0.1) is 0 Å². The molecule has 0 bridgehead atoms. The maximum atomic E-state index is 13.2. The lowest BCUT2D eigenvalue weighted by molar-refractivity contribution is -0.707. The van der Waals surface area contributed by atoms with E-state index in [4.69, 9.17) is 0 Å². The van der Waals surface area contributed by atoms with E-state index in [0.29, 0.717) is 12.8 Å². The summed E-state index contributed by atoms with van der Waals surface area (Å²) in [5.74, 6) is -0.573. The molecular weight excluding hydrogens is 429 g/mol. The van der Waals surface area contributed by atoms with Crippen molar-refractivity contribution in [3.63, 3.8) is 0 Å². The number of hydrogen-bond donors (Lipinski definition) is 0. The topological polar surface area (TPSA) is 35.1 Å². The largest absolute Gasteiger partial charge is 0.573 e. The number of Topliss-reactive ketones (excluding diaryl/α,β-unsaturated/α-hetero) is 1. The van der Waals surface area contributed by atoms with Gasteiger partial charge in [-0.2, -0.15) is 4.57 Å². The van der Waals surface area contributed by atoms with Gasteiger partial charge in [0.25, 0.3) is 0 Å². The molecule has 0 spiro atoms. The average molecular weight is 451 g/mol. The minimum atomic E-state index is -4.80. The second-order valence-electron chi connectivity index (χ2n) is 8.40. The van der Waals surface area contributed by atoms with Crippen molar-refractivity contribution in [3.05, 3.63) is 95.4 Å². The van der Waals surface area contributed by atoms with Crippen LogP contribution in [0.3, 0.4) is 0 Å². The van der Waals surface area contributed by atoms with E-state index in [1.165, 1.54) is 23.3 Å². The molecule has 7 heteroatoms. The van der Waals surface area contributed by atoms with Gasteiger partial charge in [-0.15, -0.1) is 13.2 Å². The van der Waals surface area contributed by atoms with Crippen molar-refractivity contribution in [1.82, 2.24) is 4.57 Å². The Morgan fingerprint density at radius 1 is 1.12 bits per heavy atom. The molecule has 1 atom stereocenters. The molecule has 0 amide bonds.